The lowest BCUT2D eigenvalue weighted by molar-refractivity contribution is -0.119. The Morgan fingerprint density at radius 2 is 1.68 bits per heavy atom. The van der Waals surface area contributed by atoms with Crippen LogP contribution in [0.15, 0.2) is 65.7 Å². The van der Waals surface area contributed by atoms with Crippen LogP contribution in [-0.2, 0) is 20.7 Å². The lowest BCUT2D eigenvalue weighted by Gasteiger charge is -2.15. The molecule has 0 aliphatic carbocycles. The van der Waals surface area contributed by atoms with Crippen LogP contribution < -0.4 is 16.2 Å². The van der Waals surface area contributed by atoms with Gasteiger partial charge in [0.15, 0.2) is 0 Å². The highest BCUT2D eigenvalue weighted by atomic mass is 32.1. The maximum atomic E-state index is 13.3. The van der Waals surface area contributed by atoms with Crippen LogP contribution in [-0.4, -0.2) is 33.9 Å². The second-order valence-electron chi connectivity index (χ2n) is 8.49. The van der Waals surface area contributed by atoms with Crippen LogP contribution in [0.2, 0.25) is 0 Å². The Morgan fingerprint density at radius 1 is 1.03 bits per heavy atom. The van der Waals surface area contributed by atoms with E-state index in [0.29, 0.717) is 38.5 Å². The van der Waals surface area contributed by atoms with Gasteiger partial charge in [0, 0.05) is 24.7 Å². The number of carbonyl (C=O) groups excluding carboxylic acids is 3. The third kappa shape index (κ3) is 5.92. The summed E-state index contributed by atoms with van der Waals surface area (Å²) in [6.45, 7) is 4.90. The van der Waals surface area contributed by atoms with Crippen molar-refractivity contribution >= 4 is 50.7 Å². The quantitative estimate of drug-likeness (QED) is 0.335. The topological polar surface area (TPSA) is 119 Å². The fraction of sp³-hybridized carbons (Fsp3) is 0.222. The molecule has 37 heavy (non-hydrogen) atoms. The van der Waals surface area contributed by atoms with Crippen LogP contribution >= 0.6 is 11.3 Å². The molecule has 0 bridgehead atoms. The lowest BCUT2D eigenvalue weighted by atomic mass is 10.2. The number of anilines is 2. The smallest absolute Gasteiger partial charge is 0.348 e. The maximum absolute atomic E-state index is 13.3. The van der Waals surface area contributed by atoms with E-state index in [0.717, 1.165) is 16.9 Å². The number of hydrogen-bond acceptors (Lipinski definition) is 7. The fourth-order valence-electron chi connectivity index (χ4n) is 3.79. The van der Waals surface area contributed by atoms with Gasteiger partial charge < -0.3 is 15.4 Å². The summed E-state index contributed by atoms with van der Waals surface area (Å²) in [6, 6.07) is 15.5. The number of nitrogens with zero attached hydrogens (tertiary/aromatic N) is 2. The monoisotopic (exact) mass is 518 g/mol. The number of hydrogen-bond donors (Lipinski definition) is 2. The number of aryl methyl sites for hydroxylation is 1. The number of fused-ring (bicyclic) bond motifs is 1. The van der Waals surface area contributed by atoms with E-state index >= 15 is 0 Å². The number of ether oxygens (including phenoxy) is 1. The molecule has 190 valence electrons. The SMILES string of the molecule is CC(=O)Nc1ccc(NC(=O)C(C)n2cnc3sc(C(=O)OCCc4ccccc4)c(C)c3c2=O)cc1. The third-order valence-electron chi connectivity index (χ3n) is 5.80. The molecule has 2 aromatic heterocycles. The van der Waals surface area contributed by atoms with Crippen molar-refractivity contribution in [2.24, 2.45) is 0 Å². The van der Waals surface area contributed by atoms with Crippen molar-refractivity contribution in [2.75, 3.05) is 17.2 Å². The van der Waals surface area contributed by atoms with Crippen LogP contribution in [0, 0.1) is 6.92 Å². The molecule has 2 aromatic carbocycles. The highest BCUT2D eigenvalue weighted by Gasteiger charge is 2.23. The van der Waals surface area contributed by atoms with Gasteiger partial charge in [-0.3, -0.25) is 19.0 Å². The normalized spacial score (nSPS) is 11.6. The van der Waals surface area contributed by atoms with E-state index < -0.39 is 23.5 Å². The van der Waals surface area contributed by atoms with Gasteiger partial charge in [-0.15, -0.1) is 11.3 Å². The summed E-state index contributed by atoms with van der Waals surface area (Å²) < 4.78 is 6.69. The van der Waals surface area contributed by atoms with Gasteiger partial charge in [0.25, 0.3) is 5.56 Å². The zero-order chi connectivity index (χ0) is 26.5. The number of nitrogens with one attached hydrogen (secondary N) is 2. The van der Waals surface area contributed by atoms with E-state index in [4.69, 9.17) is 4.74 Å². The van der Waals surface area contributed by atoms with Crippen LogP contribution in [0.5, 0.6) is 0 Å². The first-order chi connectivity index (χ1) is 17.7. The molecular weight excluding hydrogens is 492 g/mol. The Morgan fingerprint density at radius 3 is 2.32 bits per heavy atom. The summed E-state index contributed by atoms with van der Waals surface area (Å²) in [5.74, 6) is -1.11. The van der Waals surface area contributed by atoms with E-state index in [2.05, 4.69) is 15.6 Å². The molecule has 0 saturated carbocycles. The van der Waals surface area contributed by atoms with Gasteiger partial charge in [0.2, 0.25) is 11.8 Å². The van der Waals surface area contributed by atoms with Gasteiger partial charge in [-0.2, -0.15) is 0 Å². The maximum Gasteiger partial charge on any atom is 0.348 e. The minimum Gasteiger partial charge on any atom is -0.461 e. The average Bonchev–Trinajstić information content (AvgIpc) is 3.22. The summed E-state index contributed by atoms with van der Waals surface area (Å²) in [7, 11) is 0. The molecule has 2 amide bonds. The molecule has 0 saturated heterocycles. The minimum atomic E-state index is -0.861. The zero-order valence-corrected chi connectivity index (χ0v) is 21.4. The Balaban J connectivity index is 1.48. The van der Waals surface area contributed by atoms with E-state index in [1.165, 1.54) is 17.8 Å². The first-order valence-electron chi connectivity index (χ1n) is 11.6. The van der Waals surface area contributed by atoms with Gasteiger partial charge in [0.05, 0.1) is 18.3 Å². The van der Waals surface area contributed by atoms with Gasteiger partial charge in [-0.1, -0.05) is 30.3 Å². The van der Waals surface area contributed by atoms with Crippen LogP contribution in [0.3, 0.4) is 0 Å². The molecule has 0 radical (unpaired) electrons. The first kappa shape index (κ1) is 25.8. The van der Waals surface area contributed by atoms with Crippen molar-refractivity contribution < 1.29 is 19.1 Å². The summed E-state index contributed by atoms with van der Waals surface area (Å²) in [6.07, 6.45) is 1.90. The van der Waals surface area contributed by atoms with E-state index in [-0.39, 0.29) is 12.5 Å². The van der Waals surface area contributed by atoms with Crippen molar-refractivity contribution in [3.63, 3.8) is 0 Å². The molecule has 1 unspecified atom stereocenters. The number of carbonyl (C=O) groups is 3. The molecule has 0 aliphatic rings. The molecule has 9 nitrogen and oxygen atoms in total. The molecule has 2 N–H and O–H groups in total. The molecule has 0 spiro atoms. The molecule has 4 aromatic rings. The number of amides is 2. The molecule has 1 atom stereocenters. The van der Waals surface area contributed by atoms with Crippen LogP contribution in [0.25, 0.3) is 10.2 Å². The summed E-state index contributed by atoms with van der Waals surface area (Å²) >= 11 is 1.10. The first-order valence-corrected chi connectivity index (χ1v) is 12.5. The standard InChI is InChI=1S/C27H26N4O5S/c1-16-22-25(37-23(16)27(35)36-14-13-19-7-5-4-6-8-19)28-15-31(26(22)34)17(2)24(33)30-21-11-9-20(10-12-21)29-18(3)32/h4-12,15,17H,13-14H2,1-3H3,(H,29,32)(H,30,33). The Labute approximate surface area is 217 Å². The van der Waals surface area contributed by atoms with Crippen molar-refractivity contribution in [2.45, 2.75) is 33.2 Å². The Hall–Kier alpha value is -4.31. The molecule has 10 heteroatoms. The molecule has 4 rings (SSSR count). The second-order valence-corrected chi connectivity index (χ2v) is 9.49. The molecule has 2 heterocycles. The zero-order valence-electron chi connectivity index (χ0n) is 20.6. The van der Waals surface area contributed by atoms with E-state index in [9.17, 15) is 19.2 Å². The number of esters is 1. The minimum absolute atomic E-state index is 0.194. The van der Waals surface area contributed by atoms with Crippen LogP contribution in [0.4, 0.5) is 11.4 Å². The number of benzene rings is 2. The summed E-state index contributed by atoms with van der Waals surface area (Å²) in [5.41, 5.74) is 2.25. The van der Waals surface area contributed by atoms with Crippen molar-refractivity contribution in [3.05, 3.63) is 87.3 Å². The van der Waals surface area contributed by atoms with E-state index in [1.807, 2.05) is 30.3 Å². The molecular formula is C27H26N4O5S. The highest BCUT2D eigenvalue weighted by Crippen LogP contribution is 2.28. The lowest BCUT2D eigenvalue weighted by Crippen LogP contribution is -2.31. The van der Waals surface area contributed by atoms with Crippen molar-refractivity contribution in [1.82, 2.24) is 9.55 Å². The average molecular weight is 519 g/mol. The number of aromatic nitrogens is 2. The Kier molecular flexibility index (Phi) is 7.78. The second kappa shape index (κ2) is 11.2. The Bertz CT molecular complexity index is 1510. The van der Waals surface area contributed by atoms with Gasteiger partial charge in [-0.25, -0.2) is 9.78 Å². The molecule has 0 fully saturated rings. The molecule has 0 aliphatic heterocycles. The van der Waals surface area contributed by atoms with E-state index in [1.54, 1.807) is 38.1 Å². The predicted octanol–water partition coefficient (Wildman–Crippen LogP) is 4.32. The van der Waals surface area contributed by atoms with Crippen molar-refractivity contribution in [1.29, 1.82) is 0 Å². The van der Waals surface area contributed by atoms with Crippen LogP contribution in [0.1, 0.15) is 40.7 Å². The van der Waals surface area contributed by atoms with Crippen molar-refractivity contribution in [3.8, 4) is 0 Å². The predicted molar refractivity (Wildman–Crippen MR) is 143 cm³/mol. The number of thiophene rings is 1. The van der Waals surface area contributed by atoms with Gasteiger partial charge in [-0.05, 0) is 49.2 Å². The largest absolute Gasteiger partial charge is 0.461 e. The summed E-state index contributed by atoms with van der Waals surface area (Å²) in [5, 5.41) is 5.71. The number of rotatable bonds is 8. The van der Waals surface area contributed by atoms with Gasteiger partial charge in [0.1, 0.15) is 15.7 Å². The summed E-state index contributed by atoms with van der Waals surface area (Å²) in [4.78, 5) is 55.1. The van der Waals surface area contributed by atoms with Gasteiger partial charge >= 0.3 is 5.97 Å². The highest BCUT2D eigenvalue weighted by molar-refractivity contribution is 7.20. The fourth-order valence-corrected chi connectivity index (χ4v) is 4.83. The third-order valence-corrected chi connectivity index (χ3v) is 6.98.